The standard InChI is InChI=1S/C19H38N4/c1-6-13-19(7-2,20-18-23-14-11-10-12-15-23)21(5)16-17-22(8-3)9-4/h6-7,20H,1-2,8-18H2,3-5H3. The van der Waals surface area contributed by atoms with E-state index in [0.717, 1.165) is 39.3 Å². The van der Waals surface area contributed by atoms with E-state index in [4.69, 9.17) is 0 Å². The van der Waals surface area contributed by atoms with Crippen molar-refractivity contribution < 1.29 is 0 Å². The van der Waals surface area contributed by atoms with Gasteiger partial charge in [0.15, 0.2) is 0 Å². The van der Waals surface area contributed by atoms with Gasteiger partial charge in [0.2, 0.25) is 0 Å². The quantitative estimate of drug-likeness (QED) is 0.440. The fourth-order valence-electron chi connectivity index (χ4n) is 3.29. The summed E-state index contributed by atoms with van der Waals surface area (Å²) in [5.74, 6) is 0. The summed E-state index contributed by atoms with van der Waals surface area (Å²) in [6, 6.07) is 0. The van der Waals surface area contributed by atoms with E-state index in [-0.39, 0.29) is 5.66 Å². The van der Waals surface area contributed by atoms with Gasteiger partial charge in [-0.05, 0) is 46.1 Å². The lowest BCUT2D eigenvalue weighted by atomic mass is 10.0. The molecule has 4 heteroatoms. The molecule has 1 heterocycles. The monoisotopic (exact) mass is 322 g/mol. The first-order valence-electron chi connectivity index (χ1n) is 9.27. The molecule has 1 unspecified atom stereocenters. The van der Waals surface area contributed by atoms with Crippen LogP contribution in [-0.2, 0) is 0 Å². The smallest absolute Gasteiger partial charge is 0.0944 e. The molecule has 1 aliphatic heterocycles. The summed E-state index contributed by atoms with van der Waals surface area (Å²) in [6.45, 7) is 20.2. The molecule has 0 aromatic carbocycles. The number of likely N-dealkylation sites (tertiary alicyclic amines) is 1. The van der Waals surface area contributed by atoms with Gasteiger partial charge in [0.25, 0.3) is 0 Å². The van der Waals surface area contributed by atoms with Crippen molar-refractivity contribution >= 4 is 0 Å². The molecule has 0 amide bonds. The molecule has 4 nitrogen and oxygen atoms in total. The lowest BCUT2D eigenvalue weighted by molar-refractivity contribution is 0.0860. The Kier molecular flexibility index (Phi) is 9.72. The van der Waals surface area contributed by atoms with Crippen molar-refractivity contribution in [2.75, 3.05) is 53.0 Å². The molecule has 1 aliphatic rings. The maximum atomic E-state index is 4.12. The maximum absolute atomic E-state index is 4.12. The van der Waals surface area contributed by atoms with Crippen LogP contribution in [0.25, 0.3) is 0 Å². The second-order valence-corrected chi connectivity index (χ2v) is 6.58. The molecule has 23 heavy (non-hydrogen) atoms. The van der Waals surface area contributed by atoms with Crippen molar-refractivity contribution in [1.82, 2.24) is 20.0 Å². The Morgan fingerprint density at radius 3 is 2.26 bits per heavy atom. The zero-order chi connectivity index (χ0) is 17.1. The minimum Gasteiger partial charge on any atom is -0.303 e. The number of nitrogens with one attached hydrogen (secondary N) is 1. The highest BCUT2D eigenvalue weighted by Crippen LogP contribution is 2.18. The molecule has 0 aromatic rings. The first-order valence-corrected chi connectivity index (χ1v) is 9.27. The summed E-state index contributed by atoms with van der Waals surface area (Å²) < 4.78 is 0. The summed E-state index contributed by atoms with van der Waals surface area (Å²) in [4.78, 5) is 7.37. The predicted molar refractivity (Wildman–Crippen MR) is 102 cm³/mol. The van der Waals surface area contributed by atoms with E-state index in [9.17, 15) is 0 Å². The fraction of sp³-hybridized carbons (Fsp3) is 0.789. The number of piperidine rings is 1. The van der Waals surface area contributed by atoms with E-state index in [1.54, 1.807) is 0 Å². The van der Waals surface area contributed by atoms with Crippen LogP contribution in [0.5, 0.6) is 0 Å². The van der Waals surface area contributed by atoms with Crippen LogP contribution in [0.3, 0.4) is 0 Å². The molecule has 1 atom stereocenters. The molecule has 134 valence electrons. The van der Waals surface area contributed by atoms with Crippen LogP contribution in [-0.4, -0.2) is 73.3 Å². The van der Waals surface area contributed by atoms with Crippen LogP contribution in [0.4, 0.5) is 0 Å². The van der Waals surface area contributed by atoms with E-state index >= 15 is 0 Å². The van der Waals surface area contributed by atoms with E-state index in [2.05, 4.69) is 60.1 Å². The minimum absolute atomic E-state index is 0.202. The molecule has 0 radical (unpaired) electrons. The molecule has 0 bridgehead atoms. The van der Waals surface area contributed by atoms with Crippen LogP contribution in [0.2, 0.25) is 0 Å². The van der Waals surface area contributed by atoms with Gasteiger partial charge in [-0.1, -0.05) is 39.0 Å². The van der Waals surface area contributed by atoms with Crippen molar-refractivity contribution in [2.24, 2.45) is 0 Å². The summed E-state index contributed by atoms with van der Waals surface area (Å²) >= 11 is 0. The number of likely N-dealkylation sites (N-methyl/N-ethyl adjacent to an activating group) is 2. The minimum atomic E-state index is -0.202. The topological polar surface area (TPSA) is 21.8 Å². The zero-order valence-corrected chi connectivity index (χ0v) is 15.7. The summed E-state index contributed by atoms with van der Waals surface area (Å²) in [7, 11) is 2.19. The summed E-state index contributed by atoms with van der Waals surface area (Å²) in [5, 5.41) is 3.76. The molecule has 1 saturated heterocycles. The van der Waals surface area contributed by atoms with Gasteiger partial charge in [-0.3, -0.25) is 15.1 Å². The van der Waals surface area contributed by atoms with Crippen LogP contribution in [0.1, 0.15) is 39.5 Å². The average molecular weight is 323 g/mol. The first kappa shape index (κ1) is 20.4. The third kappa shape index (κ3) is 6.38. The van der Waals surface area contributed by atoms with Crippen molar-refractivity contribution in [1.29, 1.82) is 0 Å². The van der Waals surface area contributed by atoms with Crippen molar-refractivity contribution in [3.8, 4) is 0 Å². The fourth-order valence-corrected chi connectivity index (χ4v) is 3.29. The maximum Gasteiger partial charge on any atom is 0.0944 e. The van der Waals surface area contributed by atoms with Crippen LogP contribution >= 0.6 is 0 Å². The SMILES string of the molecule is C=CCC(C=C)(NCN1CCCCC1)N(C)CCN(CC)CC. The normalized spacial score (nSPS) is 19.0. The molecule has 1 N–H and O–H groups in total. The lowest BCUT2D eigenvalue weighted by Crippen LogP contribution is -2.59. The highest BCUT2D eigenvalue weighted by Gasteiger charge is 2.30. The predicted octanol–water partition coefficient (Wildman–Crippen LogP) is 2.75. The van der Waals surface area contributed by atoms with Gasteiger partial charge < -0.3 is 4.90 Å². The average Bonchev–Trinajstić information content (AvgIpc) is 2.60. The van der Waals surface area contributed by atoms with E-state index in [1.165, 1.54) is 32.4 Å². The number of nitrogens with zero attached hydrogens (tertiary/aromatic N) is 3. The number of rotatable bonds is 12. The van der Waals surface area contributed by atoms with E-state index in [1.807, 2.05) is 6.08 Å². The van der Waals surface area contributed by atoms with Crippen molar-refractivity contribution in [3.63, 3.8) is 0 Å². The highest BCUT2D eigenvalue weighted by atomic mass is 15.4. The molecule has 0 aliphatic carbocycles. The number of hydrogen-bond donors (Lipinski definition) is 1. The van der Waals surface area contributed by atoms with Gasteiger partial charge >= 0.3 is 0 Å². The van der Waals surface area contributed by atoms with Gasteiger partial charge in [0, 0.05) is 26.2 Å². The Morgan fingerprint density at radius 1 is 1.09 bits per heavy atom. The largest absolute Gasteiger partial charge is 0.303 e. The Labute approximate surface area is 144 Å². The van der Waals surface area contributed by atoms with Crippen molar-refractivity contribution in [3.05, 3.63) is 25.3 Å². The van der Waals surface area contributed by atoms with Crippen molar-refractivity contribution in [2.45, 2.75) is 45.2 Å². The van der Waals surface area contributed by atoms with Gasteiger partial charge in [0.1, 0.15) is 0 Å². The van der Waals surface area contributed by atoms with E-state index in [0.29, 0.717) is 0 Å². The second kappa shape index (κ2) is 11.0. The van der Waals surface area contributed by atoms with Gasteiger partial charge in [-0.2, -0.15) is 0 Å². The number of hydrogen-bond acceptors (Lipinski definition) is 4. The van der Waals surface area contributed by atoms with Crippen LogP contribution in [0.15, 0.2) is 25.3 Å². The zero-order valence-electron chi connectivity index (χ0n) is 15.7. The Morgan fingerprint density at radius 2 is 1.74 bits per heavy atom. The van der Waals surface area contributed by atoms with Crippen LogP contribution in [0, 0.1) is 0 Å². The van der Waals surface area contributed by atoms with Gasteiger partial charge in [-0.15, -0.1) is 6.58 Å². The van der Waals surface area contributed by atoms with E-state index < -0.39 is 0 Å². The third-order valence-electron chi connectivity index (χ3n) is 5.18. The molecule has 1 fully saturated rings. The Hall–Kier alpha value is -0.680. The third-order valence-corrected chi connectivity index (χ3v) is 5.18. The summed E-state index contributed by atoms with van der Waals surface area (Å²) in [6.07, 6.45) is 8.95. The van der Waals surface area contributed by atoms with Gasteiger partial charge in [-0.25, -0.2) is 0 Å². The second-order valence-electron chi connectivity index (χ2n) is 6.58. The molecule has 0 aromatic heterocycles. The molecule has 0 spiro atoms. The highest BCUT2D eigenvalue weighted by molar-refractivity contribution is 5.05. The molecular weight excluding hydrogens is 284 g/mol. The molecular formula is C19H38N4. The molecule has 1 rings (SSSR count). The first-order chi connectivity index (χ1) is 11.1. The van der Waals surface area contributed by atoms with Gasteiger partial charge in [0.05, 0.1) is 5.66 Å². The Bertz CT molecular complexity index is 334. The summed E-state index contributed by atoms with van der Waals surface area (Å²) in [5.41, 5.74) is -0.202. The lowest BCUT2D eigenvalue weighted by Gasteiger charge is -2.42. The molecule has 0 saturated carbocycles. The van der Waals surface area contributed by atoms with Crippen LogP contribution < -0.4 is 5.32 Å². The Balaban J connectivity index is 2.62.